The average molecular weight is 382 g/mol. The standard InChI is InChI=1S/C12H22N4S.HI/c1-5-11-16-10(8-17-11)7-15-12(13-4)14-6-9(2)3;/h8-9H,5-7H2,1-4H3,(H2,13,14,15);1H. The van der Waals surface area contributed by atoms with Crippen LogP contribution in [0.15, 0.2) is 10.4 Å². The second kappa shape index (κ2) is 9.55. The molecule has 104 valence electrons. The van der Waals surface area contributed by atoms with Gasteiger partial charge in [-0.2, -0.15) is 0 Å². The molecule has 1 heterocycles. The molecule has 4 nitrogen and oxygen atoms in total. The van der Waals surface area contributed by atoms with Crippen molar-refractivity contribution in [2.75, 3.05) is 13.6 Å². The molecule has 2 N–H and O–H groups in total. The number of nitrogens with one attached hydrogen (secondary N) is 2. The Hall–Kier alpha value is -0.370. The van der Waals surface area contributed by atoms with Gasteiger partial charge in [-0.05, 0) is 12.3 Å². The highest BCUT2D eigenvalue weighted by Crippen LogP contribution is 2.09. The maximum absolute atomic E-state index is 4.50. The van der Waals surface area contributed by atoms with Gasteiger partial charge in [0.2, 0.25) is 0 Å². The van der Waals surface area contributed by atoms with Crippen LogP contribution in [0.2, 0.25) is 0 Å². The number of halogens is 1. The molecule has 0 unspecified atom stereocenters. The number of aliphatic imine (C=N–C) groups is 1. The monoisotopic (exact) mass is 382 g/mol. The van der Waals surface area contributed by atoms with Gasteiger partial charge in [0.1, 0.15) is 0 Å². The molecule has 0 radical (unpaired) electrons. The van der Waals surface area contributed by atoms with Gasteiger partial charge in [0.15, 0.2) is 5.96 Å². The Morgan fingerprint density at radius 1 is 1.44 bits per heavy atom. The van der Waals surface area contributed by atoms with E-state index in [0.717, 1.165) is 31.2 Å². The van der Waals surface area contributed by atoms with Crippen LogP contribution in [0.25, 0.3) is 0 Å². The number of thiazole rings is 1. The number of hydrogen-bond acceptors (Lipinski definition) is 3. The lowest BCUT2D eigenvalue weighted by Gasteiger charge is -2.12. The molecule has 0 saturated carbocycles. The topological polar surface area (TPSA) is 49.3 Å². The Kier molecular flexibility index (Phi) is 9.35. The Balaban J connectivity index is 0.00000289. The van der Waals surface area contributed by atoms with E-state index in [1.165, 1.54) is 5.01 Å². The Labute approximate surface area is 131 Å². The van der Waals surface area contributed by atoms with Crippen LogP contribution in [0.3, 0.4) is 0 Å². The fraction of sp³-hybridized carbons (Fsp3) is 0.667. The molecule has 0 saturated heterocycles. The van der Waals surface area contributed by atoms with Gasteiger partial charge in [-0.3, -0.25) is 4.99 Å². The number of aromatic nitrogens is 1. The van der Waals surface area contributed by atoms with Gasteiger partial charge in [0, 0.05) is 19.0 Å². The van der Waals surface area contributed by atoms with Crippen LogP contribution in [0.1, 0.15) is 31.5 Å². The highest BCUT2D eigenvalue weighted by Gasteiger charge is 2.02. The molecule has 0 atom stereocenters. The first-order chi connectivity index (χ1) is 8.15. The minimum Gasteiger partial charge on any atom is -0.356 e. The van der Waals surface area contributed by atoms with Gasteiger partial charge in [-0.15, -0.1) is 35.3 Å². The minimum absolute atomic E-state index is 0. The maximum Gasteiger partial charge on any atom is 0.191 e. The van der Waals surface area contributed by atoms with E-state index in [9.17, 15) is 0 Å². The molecule has 0 aliphatic carbocycles. The summed E-state index contributed by atoms with van der Waals surface area (Å²) in [6.45, 7) is 8.13. The second-order valence-corrected chi connectivity index (χ2v) is 5.23. The molecule has 0 aliphatic rings. The van der Waals surface area contributed by atoms with Gasteiger partial charge in [0.05, 0.1) is 17.2 Å². The van der Waals surface area contributed by atoms with Crippen LogP contribution in [0, 0.1) is 5.92 Å². The summed E-state index contributed by atoms with van der Waals surface area (Å²) in [7, 11) is 1.79. The molecule has 0 bridgehead atoms. The SMILES string of the molecule is CCc1nc(CNC(=NC)NCC(C)C)cs1.I. The van der Waals surface area contributed by atoms with Crippen LogP contribution in [-0.4, -0.2) is 24.5 Å². The largest absolute Gasteiger partial charge is 0.356 e. The first-order valence-corrected chi connectivity index (χ1v) is 6.91. The van der Waals surface area contributed by atoms with Crippen molar-refractivity contribution in [1.29, 1.82) is 0 Å². The van der Waals surface area contributed by atoms with Gasteiger partial charge in [-0.25, -0.2) is 4.98 Å². The molecule has 0 spiro atoms. The molecule has 1 aromatic rings. The highest BCUT2D eigenvalue weighted by atomic mass is 127. The van der Waals surface area contributed by atoms with Crippen molar-refractivity contribution in [1.82, 2.24) is 15.6 Å². The number of aryl methyl sites for hydroxylation is 1. The third-order valence-electron chi connectivity index (χ3n) is 2.24. The number of guanidine groups is 1. The fourth-order valence-electron chi connectivity index (χ4n) is 1.29. The van der Waals surface area contributed by atoms with E-state index < -0.39 is 0 Å². The molecular formula is C12H23IN4S. The van der Waals surface area contributed by atoms with E-state index in [0.29, 0.717) is 5.92 Å². The van der Waals surface area contributed by atoms with E-state index in [1.807, 2.05) is 0 Å². The van der Waals surface area contributed by atoms with Gasteiger partial charge in [0.25, 0.3) is 0 Å². The second-order valence-electron chi connectivity index (χ2n) is 4.29. The summed E-state index contributed by atoms with van der Waals surface area (Å²) >= 11 is 1.72. The lowest BCUT2D eigenvalue weighted by molar-refractivity contribution is 0.614. The number of nitrogens with zero attached hydrogens (tertiary/aromatic N) is 2. The fourth-order valence-corrected chi connectivity index (χ4v) is 2.03. The van der Waals surface area contributed by atoms with Crippen molar-refractivity contribution < 1.29 is 0 Å². The maximum atomic E-state index is 4.50. The number of hydrogen-bond donors (Lipinski definition) is 2. The van der Waals surface area contributed by atoms with Gasteiger partial charge < -0.3 is 10.6 Å². The summed E-state index contributed by atoms with van der Waals surface area (Å²) in [5.74, 6) is 1.45. The number of rotatable bonds is 5. The zero-order chi connectivity index (χ0) is 12.7. The summed E-state index contributed by atoms with van der Waals surface area (Å²) in [5.41, 5.74) is 1.08. The zero-order valence-electron chi connectivity index (χ0n) is 11.5. The van der Waals surface area contributed by atoms with E-state index >= 15 is 0 Å². The lowest BCUT2D eigenvalue weighted by Crippen LogP contribution is -2.38. The molecule has 0 aromatic carbocycles. The predicted molar refractivity (Wildman–Crippen MR) is 89.9 cm³/mol. The van der Waals surface area contributed by atoms with Crippen molar-refractivity contribution >= 4 is 41.3 Å². The lowest BCUT2D eigenvalue weighted by atomic mass is 10.2. The molecule has 18 heavy (non-hydrogen) atoms. The smallest absolute Gasteiger partial charge is 0.191 e. The van der Waals surface area contributed by atoms with E-state index in [-0.39, 0.29) is 24.0 Å². The van der Waals surface area contributed by atoms with Crippen LogP contribution < -0.4 is 10.6 Å². The van der Waals surface area contributed by atoms with Gasteiger partial charge in [-0.1, -0.05) is 20.8 Å². The summed E-state index contributed by atoms with van der Waals surface area (Å²) in [6.07, 6.45) is 1.00. The van der Waals surface area contributed by atoms with Gasteiger partial charge >= 0.3 is 0 Å². The van der Waals surface area contributed by atoms with Crippen LogP contribution in [0.5, 0.6) is 0 Å². The normalized spacial score (nSPS) is 11.3. The third kappa shape index (κ3) is 6.53. The van der Waals surface area contributed by atoms with Crippen LogP contribution in [-0.2, 0) is 13.0 Å². The minimum atomic E-state index is 0. The van der Waals surface area contributed by atoms with Crippen LogP contribution >= 0.6 is 35.3 Å². The van der Waals surface area contributed by atoms with Crippen molar-refractivity contribution in [3.05, 3.63) is 16.1 Å². The predicted octanol–water partition coefficient (Wildman–Crippen LogP) is 2.64. The molecule has 0 aliphatic heterocycles. The zero-order valence-corrected chi connectivity index (χ0v) is 14.6. The Morgan fingerprint density at radius 2 is 2.17 bits per heavy atom. The summed E-state index contributed by atoms with van der Waals surface area (Å²) < 4.78 is 0. The van der Waals surface area contributed by atoms with E-state index in [1.54, 1.807) is 18.4 Å². The Morgan fingerprint density at radius 3 is 2.67 bits per heavy atom. The highest BCUT2D eigenvalue weighted by molar-refractivity contribution is 14.0. The molecule has 0 amide bonds. The molecule has 6 heteroatoms. The summed E-state index contributed by atoms with van der Waals surface area (Å²) in [6, 6.07) is 0. The summed E-state index contributed by atoms with van der Waals surface area (Å²) in [4.78, 5) is 8.68. The summed E-state index contributed by atoms with van der Waals surface area (Å²) in [5, 5.41) is 9.82. The molecular weight excluding hydrogens is 359 g/mol. The van der Waals surface area contributed by atoms with Crippen molar-refractivity contribution in [2.45, 2.75) is 33.7 Å². The van der Waals surface area contributed by atoms with E-state index in [4.69, 9.17) is 0 Å². The molecule has 1 rings (SSSR count). The average Bonchev–Trinajstić information content (AvgIpc) is 2.77. The van der Waals surface area contributed by atoms with Crippen molar-refractivity contribution in [3.63, 3.8) is 0 Å². The van der Waals surface area contributed by atoms with Crippen molar-refractivity contribution in [3.8, 4) is 0 Å². The molecule has 1 aromatic heterocycles. The van der Waals surface area contributed by atoms with E-state index in [2.05, 4.69) is 46.8 Å². The van der Waals surface area contributed by atoms with Crippen LogP contribution in [0.4, 0.5) is 0 Å². The van der Waals surface area contributed by atoms with Crippen molar-refractivity contribution in [2.24, 2.45) is 10.9 Å². The molecule has 0 fully saturated rings. The first-order valence-electron chi connectivity index (χ1n) is 6.03. The third-order valence-corrected chi connectivity index (χ3v) is 3.28. The first kappa shape index (κ1) is 17.6. The Bertz CT molecular complexity index is 363. The quantitative estimate of drug-likeness (QED) is 0.468.